The molecule has 4 rings (SSSR count). The number of rotatable bonds is 4. The Kier molecular flexibility index (Phi) is 4.41. The second kappa shape index (κ2) is 6.69. The van der Waals surface area contributed by atoms with Gasteiger partial charge in [-0.25, -0.2) is 4.98 Å². The van der Waals surface area contributed by atoms with Gasteiger partial charge in [0, 0.05) is 49.4 Å². The Balaban J connectivity index is 1.34. The highest BCUT2D eigenvalue weighted by molar-refractivity contribution is 7.10. The zero-order valence-corrected chi connectivity index (χ0v) is 14.9. The summed E-state index contributed by atoms with van der Waals surface area (Å²) in [5, 5.41) is 5.59. The molecule has 4 heterocycles. The van der Waals surface area contributed by atoms with E-state index in [1.54, 1.807) is 0 Å². The van der Waals surface area contributed by atoms with Crippen LogP contribution in [0.3, 0.4) is 0 Å². The standard InChI is InChI=1S/C18H24N4OS/c1-13(18(23)22-8-4-16-15(12-22)5-10-24-16)20-11-14-3-2-7-21-9-6-19-17(14)21/h5-6,9-10,13-14,20H,2-4,7-8,11-12H2,1H3. The Bertz CT molecular complexity index is 722. The van der Waals surface area contributed by atoms with Gasteiger partial charge in [-0.3, -0.25) is 4.79 Å². The molecule has 0 saturated heterocycles. The lowest BCUT2D eigenvalue weighted by molar-refractivity contribution is -0.134. The summed E-state index contributed by atoms with van der Waals surface area (Å²) < 4.78 is 2.24. The number of amides is 1. The largest absolute Gasteiger partial charge is 0.337 e. The topological polar surface area (TPSA) is 50.2 Å². The van der Waals surface area contributed by atoms with Crippen molar-refractivity contribution in [3.8, 4) is 0 Å². The number of imidazole rings is 1. The van der Waals surface area contributed by atoms with E-state index in [1.165, 1.54) is 16.9 Å². The first-order valence-electron chi connectivity index (χ1n) is 8.81. The SMILES string of the molecule is CC(NCC1CCCn2ccnc21)C(=O)N1CCc2sccc2C1. The van der Waals surface area contributed by atoms with Crippen molar-refractivity contribution in [2.45, 2.75) is 51.2 Å². The molecular formula is C18H24N4OS. The van der Waals surface area contributed by atoms with Gasteiger partial charge in [-0.1, -0.05) is 0 Å². The normalized spacial score (nSPS) is 21.2. The van der Waals surface area contributed by atoms with Gasteiger partial charge in [-0.15, -0.1) is 11.3 Å². The monoisotopic (exact) mass is 344 g/mol. The fourth-order valence-electron chi connectivity index (χ4n) is 3.82. The third-order valence-corrected chi connectivity index (χ3v) is 6.25. The van der Waals surface area contributed by atoms with E-state index in [0.29, 0.717) is 5.92 Å². The summed E-state index contributed by atoms with van der Waals surface area (Å²) in [6.07, 6.45) is 7.26. The fourth-order valence-corrected chi connectivity index (χ4v) is 4.71. The predicted molar refractivity (Wildman–Crippen MR) is 95.1 cm³/mol. The lowest BCUT2D eigenvalue weighted by atomic mass is 9.98. The Morgan fingerprint density at radius 1 is 1.50 bits per heavy atom. The minimum Gasteiger partial charge on any atom is -0.337 e. The molecule has 2 aliphatic rings. The number of hydrogen-bond acceptors (Lipinski definition) is 4. The van der Waals surface area contributed by atoms with Gasteiger partial charge in [0.2, 0.25) is 5.91 Å². The smallest absolute Gasteiger partial charge is 0.239 e. The molecule has 5 nitrogen and oxygen atoms in total. The Morgan fingerprint density at radius 2 is 2.42 bits per heavy atom. The number of aryl methyl sites for hydroxylation is 1. The van der Waals surface area contributed by atoms with Crippen molar-refractivity contribution in [2.75, 3.05) is 13.1 Å². The molecule has 2 atom stereocenters. The molecule has 0 saturated carbocycles. The summed E-state index contributed by atoms with van der Waals surface area (Å²) in [4.78, 5) is 20.7. The van der Waals surface area contributed by atoms with E-state index in [4.69, 9.17) is 0 Å². The molecule has 1 N–H and O–H groups in total. The van der Waals surface area contributed by atoms with Gasteiger partial charge in [0.1, 0.15) is 5.82 Å². The zero-order chi connectivity index (χ0) is 16.5. The molecular weight excluding hydrogens is 320 g/mol. The van der Waals surface area contributed by atoms with Gasteiger partial charge < -0.3 is 14.8 Å². The highest BCUT2D eigenvalue weighted by Gasteiger charge is 2.27. The van der Waals surface area contributed by atoms with Crippen molar-refractivity contribution in [3.05, 3.63) is 40.1 Å². The predicted octanol–water partition coefficient (Wildman–Crippen LogP) is 2.39. The molecule has 2 aromatic rings. The molecule has 6 heteroatoms. The molecule has 0 bridgehead atoms. The number of nitrogens with zero attached hydrogens (tertiary/aromatic N) is 3. The van der Waals surface area contributed by atoms with Crippen LogP contribution in [0.25, 0.3) is 0 Å². The summed E-state index contributed by atoms with van der Waals surface area (Å²) in [5.74, 6) is 1.79. The third kappa shape index (κ3) is 3.00. The van der Waals surface area contributed by atoms with E-state index < -0.39 is 0 Å². The van der Waals surface area contributed by atoms with E-state index >= 15 is 0 Å². The summed E-state index contributed by atoms with van der Waals surface area (Å²) in [5.41, 5.74) is 1.32. The zero-order valence-electron chi connectivity index (χ0n) is 14.1. The Morgan fingerprint density at radius 3 is 3.33 bits per heavy atom. The molecule has 0 radical (unpaired) electrons. The molecule has 0 spiro atoms. The van der Waals surface area contributed by atoms with E-state index in [1.807, 2.05) is 29.4 Å². The van der Waals surface area contributed by atoms with Gasteiger partial charge in [0.25, 0.3) is 0 Å². The third-order valence-electron chi connectivity index (χ3n) is 5.22. The second-order valence-electron chi connectivity index (χ2n) is 6.83. The first-order chi connectivity index (χ1) is 11.7. The van der Waals surface area contributed by atoms with Crippen LogP contribution < -0.4 is 5.32 Å². The van der Waals surface area contributed by atoms with Crippen LogP contribution in [-0.4, -0.2) is 39.5 Å². The van der Waals surface area contributed by atoms with E-state index in [-0.39, 0.29) is 11.9 Å². The van der Waals surface area contributed by atoms with Crippen LogP contribution in [0.15, 0.2) is 23.8 Å². The van der Waals surface area contributed by atoms with Crippen LogP contribution in [0.5, 0.6) is 0 Å². The minimum absolute atomic E-state index is 0.143. The second-order valence-corrected chi connectivity index (χ2v) is 7.83. The van der Waals surface area contributed by atoms with Crippen molar-refractivity contribution < 1.29 is 4.79 Å². The van der Waals surface area contributed by atoms with Gasteiger partial charge >= 0.3 is 0 Å². The van der Waals surface area contributed by atoms with Crippen molar-refractivity contribution in [2.24, 2.45) is 0 Å². The summed E-state index contributed by atoms with van der Waals surface area (Å²) >= 11 is 1.81. The van der Waals surface area contributed by atoms with E-state index in [2.05, 4.69) is 32.5 Å². The number of carbonyl (C=O) groups excluding carboxylic acids is 1. The summed E-state index contributed by atoms with van der Waals surface area (Å²) in [7, 11) is 0. The van der Waals surface area contributed by atoms with Crippen molar-refractivity contribution >= 4 is 17.2 Å². The van der Waals surface area contributed by atoms with Crippen molar-refractivity contribution in [1.29, 1.82) is 0 Å². The molecule has 2 aliphatic heterocycles. The maximum absolute atomic E-state index is 12.7. The first-order valence-corrected chi connectivity index (χ1v) is 9.69. The van der Waals surface area contributed by atoms with E-state index in [9.17, 15) is 4.79 Å². The van der Waals surface area contributed by atoms with Gasteiger partial charge in [-0.2, -0.15) is 0 Å². The lowest BCUT2D eigenvalue weighted by Crippen LogP contribution is -2.47. The average molecular weight is 344 g/mol. The van der Waals surface area contributed by atoms with Crippen molar-refractivity contribution in [3.63, 3.8) is 0 Å². The van der Waals surface area contributed by atoms with Gasteiger partial charge in [0.05, 0.1) is 6.04 Å². The Labute approximate surface area is 146 Å². The van der Waals surface area contributed by atoms with Crippen LogP contribution in [0.1, 0.15) is 41.9 Å². The van der Waals surface area contributed by atoms with Crippen LogP contribution in [0.4, 0.5) is 0 Å². The number of thiophene rings is 1. The fraction of sp³-hybridized carbons (Fsp3) is 0.556. The van der Waals surface area contributed by atoms with Crippen LogP contribution in [-0.2, 0) is 24.3 Å². The number of aromatic nitrogens is 2. The molecule has 2 unspecified atom stereocenters. The quantitative estimate of drug-likeness (QED) is 0.926. The lowest BCUT2D eigenvalue weighted by Gasteiger charge is -2.31. The molecule has 0 fully saturated rings. The average Bonchev–Trinajstić information content (AvgIpc) is 3.26. The maximum Gasteiger partial charge on any atom is 0.239 e. The molecule has 2 aromatic heterocycles. The molecule has 24 heavy (non-hydrogen) atoms. The summed E-state index contributed by atoms with van der Waals surface area (Å²) in [6, 6.07) is 2.01. The highest BCUT2D eigenvalue weighted by atomic mass is 32.1. The minimum atomic E-state index is -0.143. The molecule has 0 aromatic carbocycles. The van der Waals surface area contributed by atoms with Crippen LogP contribution in [0.2, 0.25) is 0 Å². The highest BCUT2D eigenvalue weighted by Crippen LogP contribution is 2.26. The number of carbonyl (C=O) groups is 1. The van der Waals surface area contributed by atoms with Crippen LogP contribution >= 0.6 is 11.3 Å². The number of nitrogens with one attached hydrogen (secondary N) is 1. The van der Waals surface area contributed by atoms with Crippen molar-refractivity contribution in [1.82, 2.24) is 19.8 Å². The first kappa shape index (κ1) is 15.8. The van der Waals surface area contributed by atoms with E-state index in [0.717, 1.165) is 44.8 Å². The van der Waals surface area contributed by atoms with Gasteiger partial charge in [0.15, 0.2) is 0 Å². The Hall–Kier alpha value is -1.66. The maximum atomic E-state index is 12.7. The number of fused-ring (bicyclic) bond motifs is 2. The molecule has 128 valence electrons. The molecule has 1 amide bonds. The van der Waals surface area contributed by atoms with Gasteiger partial charge in [-0.05, 0) is 43.2 Å². The molecule has 0 aliphatic carbocycles. The summed E-state index contributed by atoms with van der Waals surface area (Å²) in [6.45, 7) is 5.48. The van der Waals surface area contributed by atoms with Crippen LogP contribution in [0, 0.1) is 0 Å². The number of hydrogen-bond donors (Lipinski definition) is 1.